The number of aliphatic hydroxyl groups is 3. The summed E-state index contributed by atoms with van der Waals surface area (Å²) in [6.07, 6.45) is -4.43. The second-order valence-electron chi connectivity index (χ2n) is 13.9. The fraction of sp³-hybridized carbons (Fsp3) is 0.657. The summed E-state index contributed by atoms with van der Waals surface area (Å²) in [5.74, 6) is -1.98. The zero-order chi connectivity index (χ0) is 37.9. The lowest BCUT2D eigenvalue weighted by Gasteiger charge is -2.47. The van der Waals surface area contributed by atoms with Gasteiger partial charge >= 0.3 is 12.1 Å². The number of fused-ring (bicyclic) bond motifs is 17. The molecule has 3 aliphatic heterocycles. The number of carboxylic acids is 1. The quantitative estimate of drug-likeness (QED) is 0.215. The Hall–Kier alpha value is -3.80. The van der Waals surface area contributed by atoms with Gasteiger partial charge in [-0.25, -0.2) is 9.59 Å². The molecule has 0 spiro atoms. The van der Waals surface area contributed by atoms with Gasteiger partial charge in [0.05, 0.1) is 50.7 Å². The number of nitrogens with one attached hydrogen (secondary N) is 3. The minimum atomic E-state index is -2.06. The van der Waals surface area contributed by atoms with Crippen molar-refractivity contribution < 1.29 is 63.3 Å². The van der Waals surface area contributed by atoms with Crippen LogP contribution < -0.4 is 20.7 Å². The number of amides is 3. The van der Waals surface area contributed by atoms with E-state index in [1.165, 1.54) is 19.1 Å². The van der Waals surface area contributed by atoms with Gasteiger partial charge in [0.1, 0.15) is 23.6 Å². The molecule has 51 heavy (non-hydrogen) atoms. The predicted octanol–water partition coefficient (Wildman–Crippen LogP) is 0.888. The molecule has 3 amide bonds. The molecule has 0 unspecified atom stereocenters. The lowest BCUT2D eigenvalue weighted by atomic mass is 9.81. The van der Waals surface area contributed by atoms with Crippen molar-refractivity contribution in [3.8, 4) is 5.75 Å². The maximum Gasteiger partial charge on any atom is 0.408 e. The van der Waals surface area contributed by atoms with Gasteiger partial charge < -0.3 is 60.1 Å². The number of hydrogen-bond acceptors (Lipinski definition) is 12. The molecule has 1 fully saturated rings. The molecule has 286 valence electrons. The van der Waals surface area contributed by atoms with Gasteiger partial charge in [-0.15, -0.1) is 0 Å². The molecule has 4 rings (SSSR count). The van der Waals surface area contributed by atoms with E-state index >= 15 is 0 Å². The van der Waals surface area contributed by atoms with E-state index in [0.29, 0.717) is 36.5 Å². The normalized spacial score (nSPS) is 29.6. The van der Waals surface area contributed by atoms with Crippen LogP contribution in [0.5, 0.6) is 5.75 Å². The van der Waals surface area contributed by atoms with Crippen LogP contribution in [0.4, 0.5) is 4.79 Å². The van der Waals surface area contributed by atoms with E-state index in [-0.39, 0.29) is 31.8 Å². The number of aliphatic carboxylic acids is 1. The molecule has 0 aromatic heterocycles. The van der Waals surface area contributed by atoms with Crippen molar-refractivity contribution in [1.82, 2.24) is 16.0 Å². The van der Waals surface area contributed by atoms with Gasteiger partial charge in [0.2, 0.25) is 5.91 Å². The number of carbonyl (C=O) groups excluding carboxylic acids is 3. The fourth-order valence-electron chi connectivity index (χ4n) is 5.85. The fourth-order valence-corrected chi connectivity index (χ4v) is 5.85. The van der Waals surface area contributed by atoms with Gasteiger partial charge in [0.15, 0.2) is 5.60 Å². The summed E-state index contributed by atoms with van der Waals surface area (Å²) in [4.78, 5) is 50.2. The lowest BCUT2D eigenvalue weighted by Crippen LogP contribution is -2.67. The summed E-state index contributed by atoms with van der Waals surface area (Å²) in [7, 11) is 0. The van der Waals surface area contributed by atoms with Gasteiger partial charge in [-0.3, -0.25) is 9.59 Å². The van der Waals surface area contributed by atoms with E-state index in [1.807, 2.05) is 0 Å². The van der Waals surface area contributed by atoms with Crippen molar-refractivity contribution in [2.45, 2.75) is 109 Å². The molecule has 1 saturated heterocycles. The summed E-state index contributed by atoms with van der Waals surface area (Å²) in [5, 5.41) is 51.2. The average Bonchev–Trinajstić information content (AvgIpc) is 3.02. The number of rotatable bonds is 3. The minimum Gasteiger partial charge on any atom is -0.493 e. The average molecular weight is 724 g/mol. The zero-order valence-corrected chi connectivity index (χ0v) is 30.1. The number of carbonyl (C=O) groups is 4. The van der Waals surface area contributed by atoms with Crippen molar-refractivity contribution in [2.75, 3.05) is 39.6 Å². The number of hydrogen-bond donors (Lipinski definition) is 7. The lowest BCUT2D eigenvalue weighted by molar-refractivity contribution is -0.226. The molecule has 1 aromatic rings. The molecule has 3 heterocycles. The van der Waals surface area contributed by atoms with E-state index in [0.717, 1.165) is 0 Å². The van der Waals surface area contributed by atoms with Crippen molar-refractivity contribution in [3.63, 3.8) is 0 Å². The monoisotopic (exact) mass is 723 g/mol. The number of carboxylic acid groups (broad SMARTS) is 1. The number of aryl methyl sites for hydroxylation is 2. The largest absolute Gasteiger partial charge is 0.493 e. The van der Waals surface area contributed by atoms with Crippen LogP contribution in [0, 0.1) is 13.8 Å². The summed E-state index contributed by atoms with van der Waals surface area (Å²) in [5.41, 5.74) is -1.13. The van der Waals surface area contributed by atoms with Crippen LogP contribution in [0.2, 0.25) is 0 Å². The Kier molecular flexibility index (Phi) is 15.2. The highest BCUT2D eigenvalue weighted by atomic mass is 16.6. The smallest absolute Gasteiger partial charge is 0.408 e. The molecule has 0 aliphatic carbocycles. The summed E-state index contributed by atoms with van der Waals surface area (Å²) in [6.45, 7) is 10.3. The topological polar surface area (TPSA) is 231 Å². The molecule has 4 bridgehead atoms. The van der Waals surface area contributed by atoms with Crippen LogP contribution in [0.25, 0.3) is 0 Å². The van der Waals surface area contributed by atoms with E-state index < -0.39 is 84.5 Å². The maximum atomic E-state index is 13.1. The minimum absolute atomic E-state index is 0.00886. The molecule has 7 atom stereocenters. The molecule has 0 radical (unpaired) electrons. The Labute approximate surface area is 297 Å². The predicted molar refractivity (Wildman–Crippen MR) is 182 cm³/mol. The van der Waals surface area contributed by atoms with Gasteiger partial charge in [0, 0.05) is 44.9 Å². The third-order valence-electron chi connectivity index (χ3n) is 8.22. The van der Waals surface area contributed by atoms with Crippen molar-refractivity contribution in [1.29, 1.82) is 0 Å². The van der Waals surface area contributed by atoms with E-state index in [4.69, 9.17) is 23.7 Å². The SMILES string of the molecule is CC(=O)N[C@H]1[C@H]2O[C@](C(=O)O)(C/C=C/COC[C@@H](NC(=O)OC(C)(C)C)COCCCOc3c(C)cc(cc3C)C(=O)NC[C@@H](O)[C@H]2O)C[C@@H]1O. The second kappa shape index (κ2) is 18.6. The summed E-state index contributed by atoms with van der Waals surface area (Å²) >= 11 is 0. The van der Waals surface area contributed by atoms with Crippen LogP contribution in [0.3, 0.4) is 0 Å². The molecular weight excluding hydrogens is 670 g/mol. The van der Waals surface area contributed by atoms with Gasteiger partial charge in [0.25, 0.3) is 5.91 Å². The highest BCUT2D eigenvalue weighted by molar-refractivity contribution is 5.95. The Bertz CT molecular complexity index is 1370. The van der Waals surface area contributed by atoms with Gasteiger partial charge in [-0.2, -0.15) is 0 Å². The van der Waals surface area contributed by atoms with Crippen molar-refractivity contribution in [2.24, 2.45) is 0 Å². The number of aliphatic hydroxyl groups excluding tert-OH is 3. The number of alkyl carbamates (subject to hydrolysis) is 1. The molecule has 0 saturated carbocycles. The van der Waals surface area contributed by atoms with Crippen molar-refractivity contribution >= 4 is 23.9 Å². The van der Waals surface area contributed by atoms with E-state index in [9.17, 15) is 39.6 Å². The van der Waals surface area contributed by atoms with Crippen LogP contribution in [-0.2, 0) is 28.5 Å². The van der Waals surface area contributed by atoms with Crippen LogP contribution in [0.1, 0.15) is 68.4 Å². The molecule has 1 aromatic carbocycles. The Balaban J connectivity index is 1.88. The standard InChI is InChI=1S/C35H53N3O13/c1-20-14-23-15-21(2)29(20)49-13-9-12-48-19-24(38-33(46)51-34(4,5)6)18-47-11-8-7-10-35(32(44)45)16-25(40)27(37-22(3)39)30(50-35)28(42)26(41)17-36-31(23)43/h7-8,14-15,24-28,30,40-42H,9-13,16-19H2,1-6H3,(H,36,43)(H,37,39)(H,38,46)(H,44,45)/b8-7+/t24-,25+,26-,27-,28-,30-,35-/m1/s1. The first kappa shape index (κ1) is 41.6. The Morgan fingerprint density at radius 3 is 2.27 bits per heavy atom. The molecule has 3 aliphatic rings. The highest BCUT2D eigenvalue weighted by Crippen LogP contribution is 2.35. The maximum absolute atomic E-state index is 13.1. The first-order valence-electron chi connectivity index (χ1n) is 17.0. The van der Waals surface area contributed by atoms with Crippen LogP contribution in [-0.4, -0.2) is 132 Å². The number of ether oxygens (including phenoxy) is 5. The summed E-state index contributed by atoms with van der Waals surface area (Å²) < 4.78 is 28.8. The first-order valence-corrected chi connectivity index (χ1v) is 17.0. The Morgan fingerprint density at radius 1 is 0.980 bits per heavy atom. The zero-order valence-electron chi connectivity index (χ0n) is 30.1. The third-order valence-corrected chi connectivity index (χ3v) is 8.22. The van der Waals surface area contributed by atoms with Crippen LogP contribution in [0.15, 0.2) is 24.3 Å². The van der Waals surface area contributed by atoms with E-state index in [1.54, 1.807) is 46.8 Å². The molecular formula is C35H53N3O13. The number of benzene rings is 1. The van der Waals surface area contributed by atoms with Gasteiger partial charge in [-0.05, 0) is 57.9 Å². The molecule has 7 N–H and O–H groups in total. The Morgan fingerprint density at radius 2 is 1.65 bits per heavy atom. The first-order chi connectivity index (χ1) is 23.9. The highest BCUT2D eigenvalue weighted by Gasteiger charge is 2.54. The van der Waals surface area contributed by atoms with E-state index in [2.05, 4.69) is 16.0 Å². The summed E-state index contributed by atoms with van der Waals surface area (Å²) in [6, 6.07) is 1.37. The molecule has 16 heteroatoms. The van der Waals surface area contributed by atoms with Crippen LogP contribution >= 0.6 is 0 Å². The third kappa shape index (κ3) is 12.4. The van der Waals surface area contributed by atoms with Gasteiger partial charge in [-0.1, -0.05) is 12.2 Å². The second-order valence-corrected chi connectivity index (χ2v) is 13.9. The van der Waals surface area contributed by atoms with Crippen molar-refractivity contribution in [3.05, 3.63) is 41.0 Å². The molecule has 16 nitrogen and oxygen atoms in total.